The van der Waals surface area contributed by atoms with Gasteiger partial charge in [-0.15, -0.1) is 0 Å². The van der Waals surface area contributed by atoms with Gasteiger partial charge in [0.1, 0.15) is 0 Å². The summed E-state index contributed by atoms with van der Waals surface area (Å²) in [6, 6.07) is 0. The molecule has 0 bridgehead atoms. The average Bonchev–Trinajstić information content (AvgIpc) is 2.65. The Morgan fingerprint density at radius 3 is 2.73 bits per heavy atom. The van der Waals surface area contributed by atoms with Crippen LogP contribution in [0.5, 0.6) is 0 Å². The lowest BCUT2D eigenvalue weighted by atomic mass is 10.3. The second-order valence-corrected chi connectivity index (χ2v) is 2.59. The number of hydrogen-bond donors (Lipinski definition) is 0. The Bertz CT molecular complexity index is 159. The third-order valence-electron chi connectivity index (χ3n) is 1.75. The molecule has 1 saturated carbocycles. The summed E-state index contributed by atoms with van der Waals surface area (Å²) in [5.41, 5.74) is 0. The maximum atomic E-state index is 11.9. The molecule has 0 aromatic rings. The van der Waals surface area contributed by atoms with E-state index in [4.69, 9.17) is 0 Å². The van der Waals surface area contributed by atoms with Crippen molar-refractivity contribution in [2.45, 2.75) is 19.8 Å². The van der Waals surface area contributed by atoms with Crippen LogP contribution in [-0.2, 0) is 9.53 Å². The van der Waals surface area contributed by atoms with Crippen LogP contribution in [0.2, 0.25) is 0 Å². The minimum atomic E-state index is -2.37. The third kappa shape index (κ3) is 1.88. The monoisotopic (exact) mass is 164 g/mol. The fourth-order valence-corrected chi connectivity index (χ4v) is 1.01. The van der Waals surface area contributed by atoms with E-state index in [9.17, 15) is 13.6 Å². The van der Waals surface area contributed by atoms with Gasteiger partial charge in [0, 0.05) is 5.92 Å². The van der Waals surface area contributed by atoms with E-state index in [1.807, 2.05) is 0 Å². The molecule has 0 radical (unpaired) electrons. The third-order valence-corrected chi connectivity index (χ3v) is 1.75. The Morgan fingerprint density at radius 1 is 1.73 bits per heavy atom. The first-order valence-electron chi connectivity index (χ1n) is 3.61. The number of carbonyl (C=O) groups is 1. The summed E-state index contributed by atoms with van der Waals surface area (Å²) in [5.74, 6) is -1.75. The van der Waals surface area contributed by atoms with Crippen LogP contribution in [0.25, 0.3) is 0 Å². The van der Waals surface area contributed by atoms with Crippen molar-refractivity contribution in [3.8, 4) is 0 Å². The van der Waals surface area contributed by atoms with Crippen LogP contribution in [0.3, 0.4) is 0 Å². The SMILES string of the molecule is CCOC(=O)[C@@H]1C[C@@H]1C(F)F. The molecule has 1 aliphatic carbocycles. The molecule has 11 heavy (non-hydrogen) atoms. The molecule has 4 heteroatoms. The summed E-state index contributed by atoms with van der Waals surface area (Å²) in [5, 5.41) is 0. The van der Waals surface area contributed by atoms with E-state index in [1.54, 1.807) is 6.92 Å². The Morgan fingerprint density at radius 2 is 2.36 bits per heavy atom. The predicted octanol–water partition coefficient (Wildman–Crippen LogP) is 1.45. The Balaban J connectivity index is 2.26. The van der Waals surface area contributed by atoms with E-state index in [0.29, 0.717) is 0 Å². The van der Waals surface area contributed by atoms with Crippen LogP contribution in [-0.4, -0.2) is 19.0 Å². The Labute approximate surface area is 63.5 Å². The zero-order chi connectivity index (χ0) is 8.43. The minimum Gasteiger partial charge on any atom is -0.466 e. The highest BCUT2D eigenvalue weighted by Gasteiger charge is 2.49. The van der Waals surface area contributed by atoms with Crippen molar-refractivity contribution in [2.75, 3.05) is 6.61 Å². The second kappa shape index (κ2) is 3.15. The summed E-state index contributed by atoms with van der Waals surface area (Å²) in [6.07, 6.45) is -2.08. The first-order chi connectivity index (χ1) is 5.16. The molecule has 0 unspecified atom stereocenters. The fraction of sp³-hybridized carbons (Fsp3) is 0.857. The number of halogens is 2. The second-order valence-electron chi connectivity index (χ2n) is 2.59. The van der Waals surface area contributed by atoms with Crippen molar-refractivity contribution >= 4 is 5.97 Å². The van der Waals surface area contributed by atoms with Crippen LogP contribution < -0.4 is 0 Å². The van der Waals surface area contributed by atoms with Crippen molar-refractivity contribution in [3.63, 3.8) is 0 Å². The number of carbonyl (C=O) groups excluding carboxylic acids is 1. The van der Waals surface area contributed by atoms with Gasteiger partial charge in [0.05, 0.1) is 12.5 Å². The first kappa shape index (κ1) is 8.43. The summed E-state index contributed by atoms with van der Waals surface area (Å²) in [6.45, 7) is 1.93. The van der Waals surface area contributed by atoms with E-state index >= 15 is 0 Å². The summed E-state index contributed by atoms with van der Waals surface area (Å²) in [4.78, 5) is 10.8. The van der Waals surface area contributed by atoms with Crippen LogP contribution in [0.1, 0.15) is 13.3 Å². The van der Waals surface area contributed by atoms with Crippen LogP contribution in [0, 0.1) is 11.8 Å². The number of ether oxygens (including phenoxy) is 1. The van der Waals surface area contributed by atoms with Crippen molar-refractivity contribution < 1.29 is 18.3 Å². The Kier molecular flexibility index (Phi) is 2.42. The topological polar surface area (TPSA) is 26.3 Å². The molecular formula is C7H10F2O2. The molecule has 1 rings (SSSR count). The highest BCUT2D eigenvalue weighted by molar-refractivity contribution is 5.75. The molecule has 0 spiro atoms. The highest BCUT2D eigenvalue weighted by Crippen LogP contribution is 2.43. The van der Waals surface area contributed by atoms with Crippen molar-refractivity contribution in [1.82, 2.24) is 0 Å². The van der Waals surface area contributed by atoms with E-state index in [2.05, 4.69) is 4.74 Å². The van der Waals surface area contributed by atoms with E-state index < -0.39 is 24.2 Å². The van der Waals surface area contributed by atoms with Gasteiger partial charge in [0.25, 0.3) is 0 Å². The molecule has 0 aromatic heterocycles. The molecule has 2 atom stereocenters. The van der Waals surface area contributed by atoms with Crippen molar-refractivity contribution in [3.05, 3.63) is 0 Å². The molecule has 2 nitrogen and oxygen atoms in total. The van der Waals surface area contributed by atoms with Crippen molar-refractivity contribution in [1.29, 1.82) is 0 Å². The maximum Gasteiger partial charge on any atom is 0.309 e. The average molecular weight is 164 g/mol. The Hall–Kier alpha value is -0.670. The molecule has 0 aliphatic heterocycles. The molecular weight excluding hydrogens is 154 g/mol. The molecule has 0 amide bonds. The fourth-order valence-electron chi connectivity index (χ4n) is 1.01. The van der Waals surface area contributed by atoms with E-state index in [0.717, 1.165) is 0 Å². The lowest BCUT2D eigenvalue weighted by Crippen LogP contribution is -2.09. The normalized spacial score (nSPS) is 28.7. The first-order valence-corrected chi connectivity index (χ1v) is 3.61. The molecule has 0 heterocycles. The quantitative estimate of drug-likeness (QED) is 0.590. The molecule has 0 N–H and O–H groups in total. The van der Waals surface area contributed by atoms with Gasteiger partial charge in [-0.05, 0) is 13.3 Å². The van der Waals surface area contributed by atoms with Gasteiger partial charge in [-0.1, -0.05) is 0 Å². The zero-order valence-corrected chi connectivity index (χ0v) is 6.22. The molecule has 1 aliphatic rings. The predicted molar refractivity (Wildman–Crippen MR) is 34.2 cm³/mol. The van der Waals surface area contributed by atoms with Crippen LogP contribution in [0.15, 0.2) is 0 Å². The van der Waals surface area contributed by atoms with Gasteiger partial charge in [0.2, 0.25) is 6.43 Å². The van der Waals surface area contributed by atoms with Gasteiger partial charge in [0.15, 0.2) is 0 Å². The minimum absolute atomic E-state index is 0.269. The molecule has 64 valence electrons. The standard InChI is InChI=1S/C7H10F2O2/c1-2-11-7(10)5-3-4(5)6(8)9/h4-6H,2-3H2,1H3/t4-,5+/m0/s1. The largest absolute Gasteiger partial charge is 0.466 e. The summed E-state index contributed by atoms with van der Waals surface area (Å²) >= 11 is 0. The smallest absolute Gasteiger partial charge is 0.309 e. The van der Waals surface area contributed by atoms with Crippen molar-refractivity contribution in [2.24, 2.45) is 11.8 Å². The summed E-state index contributed by atoms with van der Waals surface area (Å²) < 4.78 is 28.3. The van der Waals surface area contributed by atoms with Gasteiger partial charge < -0.3 is 4.74 Å². The lowest BCUT2D eigenvalue weighted by Gasteiger charge is -1.99. The van der Waals surface area contributed by atoms with Crippen LogP contribution in [0.4, 0.5) is 8.78 Å². The van der Waals surface area contributed by atoms with Gasteiger partial charge in [-0.3, -0.25) is 4.79 Å². The highest BCUT2D eigenvalue weighted by atomic mass is 19.3. The number of esters is 1. The number of rotatable bonds is 3. The van der Waals surface area contributed by atoms with Crippen LogP contribution >= 0.6 is 0 Å². The lowest BCUT2D eigenvalue weighted by molar-refractivity contribution is -0.145. The zero-order valence-electron chi connectivity index (χ0n) is 6.22. The summed E-state index contributed by atoms with van der Waals surface area (Å²) in [7, 11) is 0. The molecule has 0 saturated heterocycles. The number of alkyl halides is 2. The molecule has 0 aromatic carbocycles. The maximum absolute atomic E-state index is 11.9. The van der Waals surface area contributed by atoms with E-state index in [-0.39, 0.29) is 13.0 Å². The van der Waals surface area contributed by atoms with E-state index in [1.165, 1.54) is 0 Å². The molecule has 1 fully saturated rings. The van der Waals surface area contributed by atoms with Gasteiger partial charge in [-0.25, -0.2) is 8.78 Å². The number of hydrogen-bond acceptors (Lipinski definition) is 2. The van der Waals surface area contributed by atoms with Gasteiger partial charge >= 0.3 is 5.97 Å². The van der Waals surface area contributed by atoms with Gasteiger partial charge in [-0.2, -0.15) is 0 Å².